The molecule has 0 radical (unpaired) electrons. The quantitative estimate of drug-likeness (QED) is 0.244. The Hall–Kier alpha value is -4.46. The SMILES string of the molecule is CCOc1cc(C2/C(=C(\O)c3c(OC)cccc3OC)C(=O)C(=O)N2c2ccc(C)c(C)c2)ccc1OC. The molecule has 8 nitrogen and oxygen atoms in total. The van der Waals surface area contributed by atoms with Gasteiger partial charge < -0.3 is 24.1 Å². The number of carbonyl (C=O) groups is 2. The number of aliphatic hydroxyl groups excluding tert-OH is 1. The molecule has 0 aromatic heterocycles. The number of Topliss-reactive ketones (excluding diaryl/α,β-unsaturated/α-hetero) is 1. The van der Waals surface area contributed by atoms with Gasteiger partial charge >= 0.3 is 0 Å². The largest absolute Gasteiger partial charge is 0.506 e. The number of aryl methyl sites for hydroxylation is 2. The third-order valence-electron chi connectivity index (χ3n) is 6.68. The van der Waals surface area contributed by atoms with Gasteiger partial charge in [0.1, 0.15) is 22.8 Å². The van der Waals surface area contributed by atoms with E-state index in [0.29, 0.717) is 40.9 Å². The zero-order valence-corrected chi connectivity index (χ0v) is 22.3. The fourth-order valence-electron chi connectivity index (χ4n) is 4.64. The van der Waals surface area contributed by atoms with Gasteiger partial charge in [-0.2, -0.15) is 0 Å². The maximum absolute atomic E-state index is 13.6. The van der Waals surface area contributed by atoms with Crippen LogP contribution in [0.2, 0.25) is 0 Å². The average molecular weight is 518 g/mol. The number of carbonyl (C=O) groups excluding carboxylic acids is 2. The number of anilines is 1. The molecule has 1 aliphatic rings. The Morgan fingerprint density at radius 3 is 2.08 bits per heavy atom. The van der Waals surface area contributed by atoms with Crippen LogP contribution in [0.1, 0.15) is 35.2 Å². The molecule has 1 fully saturated rings. The summed E-state index contributed by atoms with van der Waals surface area (Å²) in [5.41, 5.74) is 3.17. The molecule has 1 unspecified atom stereocenters. The van der Waals surface area contributed by atoms with E-state index in [9.17, 15) is 14.7 Å². The Bertz CT molecular complexity index is 1400. The van der Waals surface area contributed by atoms with Crippen LogP contribution in [0.3, 0.4) is 0 Å². The van der Waals surface area contributed by atoms with Crippen LogP contribution in [-0.4, -0.2) is 44.7 Å². The van der Waals surface area contributed by atoms with Crippen molar-refractivity contribution in [3.8, 4) is 23.0 Å². The van der Waals surface area contributed by atoms with Crippen molar-refractivity contribution in [2.24, 2.45) is 0 Å². The van der Waals surface area contributed by atoms with Gasteiger partial charge in [-0.1, -0.05) is 18.2 Å². The van der Waals surface area contributed by atoms with E-state index in [1.54, 1.807) is 42.5 Å². The van der Waals surface area contributed by atoms with Crippen LogP contribution in [0, 0.1) is 13.8 Å². The van der Waals surface area contributed by atoms with Gasteiger partial charge in [0.15, 0.2) is 11.5 Å². The third-order valence-corrected chi connectivity index (χ3v) is 6.68. The lowest BCUT2D eigenvalue weighted by Gasteiger charge is -2.27. The van der Waals surface area contributed by atoms with E-state index in [2.05, 4.69) is 0 Å². The van der Waals surface area contributed by atoms with E-state index in [0.717, 1.165) is 11.1 Å². The lowest BCUT2D eigenvalue weighted by molar-refractivity contribution is -0.132. The maximum Gasteiger partial charge on any atom is 0.300 e. The summed E-state index contributed by atoms with van der Waals surface area (Å²) in [6.45, 7) is 6.14. The van der Waals surface area contributed by atoms with E-state index >= 15 is 0 Å². The van der Waals surface area contributed by atoms with E-state index in [-0.39, 0.29) is 11.1 Å². The first-order valence-electron chi connectivity index (χ1n) is 12.2. The first-order chi connectivity index (χ1) is 18.3. The van der Waals surface area contributed by atoms with Gasteiger partial charge in [0.2, 0.25) is 0 Å². The molecule has 198 valence electrons. The summed E-state index contributed by atoms with van der Waals surface area (Å²) in [4.78, 5) is 28.6. The molecule has 8 heteroatoms. The number of amides is 1. The minimum Gasteiger partial charge on any atom is -0.506 e. The van der Waals surface area contributed by atoms with Gasteiger partial charge in [0, 0.05) is 5.69 Å². The van der Waals surface area contributed by atoms with Gasteiger partial charge in [-0.25, -0.2) is 0 Å². The predicted molar refractivity (Wildman–Crippen MR) is 144 cm³/mol. The zero-order valence-electron chi connectivity index (χ0n) is 22.3. The van der Waals surface area contributed by atoms with E-state index in [4.69, 9.17) is 18.9 Å². The van der Waals surface area contributed by atoms with Crippen molar-refractivity contribution in [1.82, 2.24) is 0 Å². The Labute approximate surface area is 222 Å². The molecule has 38 heavy (non-hydrogen) atoms. The van der Waals surface area contributed by atoms with Gasteiger partial charge in [-0.05, 0) is 73.9 Å². The van der Waals surface area contributed by atoms with E-state index in [1.165, 1.54) is 26.2 Å². The second-order valence-corrected chi connectivity index (χ2v) is 8.82. The molecule has 1 saturated heterocycles. The van der Waals surface area contributed by atoms with E-state index < -0.39 is 23.5 Å². The second kappa shape index (κ2) is 10.9. The highest BCUT2D eigenvalue weighted by Crippen LogP contribution is 2.46. The highest BCUT2D eigenvalue weighted by molar-refractivity contribution is 6.51. The van der Waals surface area contributed by atoms with Crippen molar-refractivity contribution in [3.63, 3.8) is 0 Å². The van der Waals surface area contributed by atoms with Crippen LogP contribution < -0.4 is 23.8 Å². The van der Waals surface area contributed by atoms with Gasteiger partial charge in [0.05, 0.1) is 39.6 Å². The third kappa shape index (κ3) is 4.53. The lowest BCUT2D eigenvalue weighted by atomic mass is 9.94. The minimum atomic E-state index is -0.961. The number of hydrogen-bond acceptors (Lipinski definition) is 7. The molecule has 1 heterocycles. The summed E-state index contributed by atoms with van der Waals surface area (Å²) in [5, 5.41) is 11.7. The standard InChI is InChI=1S/C30H31NO7/c1-7-38-24-16-19(12-14-21(24)35-4)27-26(28(32)25-22(36-5)9-8-10-23(25)37-6)29(33)30(34)31(27)20-13-11-17(2)18(3)15-20/h8-16,27,32H,7H2,1-6H3/b28-26+. The van der Waals surface area contributed by atoms with Crippen LogP contribution in [0.15, 0.2) is 60.2 Å². The average Bonchev–Trinajstić information content (AvgIpc) is 3.19. The number of rotatable bonds is 8. The molecule has 0 spiro atoms. The number of benzene rings is 3. The Balaban J connectivity index is 2.04. The van der Waals surface area contributed by atoms with Crippen molar-refractivity contribution in [1.29, 1.82) is 0 Å². The smallest absolute Gasteiger partial charge is 0.300 e. The van der Waals surface area contributed by atoms with Crippen LogP contribution in [0.4, 0.5) is 5.69 Å². The molecule has 4 rings (SSSR count). The number of methoxy groups -OCH3 is 3. The van der Waals surface area contributed by atoms with Crippen molar-refractivity contribution in [3.05, 3.63) is 82.4 Å². The van der Waals surface area contributed by atoms with Gasteiger partial charge in [-0.15, -0.1) is 0 Å². The topological polar surface area (TPSA) is 94.5 Å². The number of hydrogen-bond donors (Lipinski definition) is 1. The van der Waals surface area contributed by atoms with Crippen LogP contribution in [0.25, 0.3) is 5.76 Å². The summed E-state index contributed by atoms with van der Waals surface area (Å²) in [6, 6.07) is 14.8. The molecular formula is C30H31NO7. The highest BCUT2D eigenvalue weighted by atomic mass is 16.5. The van der Waals surface area contributed by atoms with Crippen LogP contribution in [-0.2, 0) is 9.59 Å². The maximum atomic E-state index is 13.6. The Morgan fingerprint density at radius 1 is 0.842 bits per heavy atom. The van der Waals surface area contributed by atoms with Gasteiger partial charge in [0.25, 0.3) is 11.7 Å². The van der Waals surface area contributed by atoms with Crippen molar-refractivity contribution in [2.45, 2.75) is 26.8 Å². The molecule has 0 saturated carbocycles. The highest BCUT2D eigenvalue weighted by Gasteiger charge is 2.47. The lowest BCUT2D eigenvalue weighted by Crippen LogP contribution is -2.29. The first kappa shape index (κ1) is 26.6. The number of nitrogens with zero attached hydrogens (tertiary/aromatic N) is 1. The Morgan fingerprint density at radius 2 is 1.50 bits per heavy atom. The van der Waals surface area contributed by atoms with Gasteiger partial charge in [-0.3, -0.25) is 14.5 Å². The molecule has 0 aliphatic carbocycles. The van der Waals surface area contributed by atoms with Crippen molar-refractivity contribution in [2.75, 3.05) is 32.8 Å². The fraction of sp³-hybridized carbons (Fsp3) is 0.267. The zero-order chi connectivity index (χ0) is 27.6. The van der Waals surface area contributed by atoms with Crippen molar-refractivity contribution < 1.29 is 33.6 Å². The first-order valence-corrected chi connectivity index (χ1v) is 12.2. The summed E-state index contributed by atoms with van der Waals surface area (Å²) in [5.74, 6) is -0.443. The monoisotopic (exact) mass is 517 g/mol. The molecule has 3 aromatic carbocycles. The molecule has 1 aliphatic heterocycles. The molecule has 1 atom stereocenters. The minimum absolute atomic E-state index is 0.0938. The Kier molecular flexibility index (Phi) is 7.62. The summed E-state index contributed by atoms with van der Waals surface area (Å²) < 4.78 is 22.2. The number of ether oxygens (including phenoxy) is 4. The summed E-state index contributed by atoms with van der Waals surface area (Å²) in [7, 11) is 4.44. The normalized spacial score (nSPS) is 16.5. The number of ketones is 1. The molecular weight excluding hydrogens is 486 g/mol. The second-order valence-electron chi connectivity index (χ2n) is 8.82. The molecule has 1 amide bonds. The van der Waals surface area contributed by atoms with Crippen LogP contribution >= 0.6 is 0 Å². The summed E-state index contributed by atoms with van der Waals surface area (Å²) >= 11 is 0. The number of aliphatic hydroxyl groups is 1. The van der Waals surface area contributed by atoms with Crippen molar-refractivity contribution >= 4 is 23.1 Å². The molecule has 0 bridgehead atoms. The predicted octanol–water partition coefficient (Wildman–Crippen LogP) is 5.35. The van der Waals surface area contributed by atoms with E-state index in [1.807, 2.05) is 32.9 Å². The van der Waals surface area contributed by atoms with Crippen LogP contribution in [0.5, 0.6) is 23.0 Å². The molecule has 3 aromatic rings. The molecule has 1 N–H and O–H groups in total. The summed E-state index contributed by atoms with van der Waals surface area (Å²) in [6.07, 6.45) is 0. The fourth-order valence-corrected chi connectivity index (χ4v) is 4.64.